The lowest BCUT2D eigenvalue weighted by molar-refractivity contribution is -0.127. The Bertz CT molecular complexity index is 1390. The Labute approximate surface area is 208 Å². The van der Waals surface area contributed by atoms with Gasteiger partial charge in [-0.1, -0.05) is 36.4 Å². The second kappa shape index (κ2) is 9.35. The van der Waals surface area contributed by atoms with Gasteiger partial charge < -0.3 is 10.1 Å². The van der Waals surface area contributed by atoms with Gasteiger partial charge in [0.2, 0.25) is 5.91 Å². The molecule has 5 rings (SSSR count). The first-order valence-electron chi connectivity index (χ1n) is 11.4. The summed E-state index contributed by atoms with van der Waals surface area (Å²) in [7, 11) is 0. The first-order valence-corrected chi connectivity index (χ1v) is 12.3. The van der Waals surface area contributed by atoms with Gasteiger partial charge in [0.15, 0.2) is 6.10 Å². The number of aryl methyl sites for hydroxylation is 2. The third-order valence-corrected chi connectivity index (χ3v) is 6.69. The van der Waals surface area contributed by atoms with Crippen molar-refractivity contribution in [2.45, 2.75) is 26.9 Å². The molecular weight excluding hydrogens is 458 g/mol. The Balaban J connectivity index is 1.43. The predicted octanol–water partition coefficient (Wildman–Crippen LogP) is 5.85. The highest BCUT2D eigenvalue weighted by Crippen LogP contribution is 2.38. The Morgan fingerprint density at radius 1 is 1.03 bits per heavy atom. The summed E-state index contributed by atoms with van der Waals surface area (Å²) in [5.41, 5.74) is 6.12. The minimum absolute atomic E-state index is 0.109. The lowest BCUT2D eigenvalue weighted by atomic mass is 10.1. The molecule has 6 nitrogen and oxygen atoms in total. The lowest BCUT2D eigenvalue weighted by Gasteiger charge is -2.32. The maximum absolute atomic E-state index is 13.0. The third-order valence-electron chi connectivity index (χ3n) is 5.80. The topological polar surface area (TPSA) is 71.5 Å². The second-order valence-electron chi connectivity index (χ2n) is 8.70. The van der Waals surface area contributed by atoms with Crippen molar-refractivity contribution in [3.63, 3.8) is 0 Å². The van der Waals surface area contributed by atoms with Crippen molar-refractivity contribution in [2.24, 2.45) is 0 Å². The van der Waals surface area contributed by atoms with E-state index in [2.05, 4.69) is 5.32 Å². The predicted molar refractivity (Wildman–Crippen MR) is 140 cm³/mol. The van der Waals surface area contributed by atoms with Crippen molar-refractivity contribution in [2.75, 3.05) is 16.8 Å². The average Bonchev–Trinajstić information content (AvgIpc) is 3.32. The number of thiazole rings is 1. The van der Waals surface area contributed by atoms with Gasteiger partial charge in [-0.25, -0.2) is 4.98 Å². The third kappa shape index (κ3) is 4.81. The summed E-state index contributed by atoms with van der Waals surface area (Å²) in [6.07, 6.45) is -0.675. The standard InChI is InChI=1S/C28H25N3O3S/c1-17-11-18(2)13-22(12-17)29-26(32)15-31-24-14-21(9-10-25(24)34-19(3)28(31)33)23-16-35-27(30-23)20-7-5-4-6-8-20/h4-14,16,19H,15H2,1-3H3,(H,29,32). The summed E-state index contributed by atoms with van der Waals surface area (Å²) >= 11 is 1.56. The maximum atomic E-state index is 13.0. The van der Waals surface area contributed by atoms with Gasteiger partial charge >= 0.3 is 0 Å². The highest BCUT2D eigenvalue weighted by molar-refractivity contribution is 7.13. The summed E-state index contributed by atoms with van der Waals surface area (Å²) in [5.74, 6) is 0.0425. The minimum Gasteiger partial charge on any atom is -0.479 e. The lowest BCUT2D eigenvalue weighted by Crippen LogP contribution is -2.47. The number of carbonyl (C=O) groups excluding carboxylic acids is 2. The van der Waals surface area contributed by atoms with E-state index < -0.39 is 6.10 Å². The van der Waals surface area contributed by atoms with Crippen LogP contribution in [0.1, 0.15) is 18.1 Å². The van der Waals surface area contributed by atoms with E-state index in [4.69, 9.17) is 9.72 Å². The number of ether oxygens (including phenoxy) is 1. The fourth-order valence-electron chi connectivity index (χ4n) is 4.24. The first-order chi connectivity index (χ1) is 16.9. The Kier molecular flexibility index (Phi) is 6.09. The van der Waals surface area contributed by atoms with Gasteiger partial charge in [-0.05, 0) is 62.2 Å². The number of aromatic nitrogens is 1. The van der Waals surface area contributed by atoms with Crippen LogP contribution in [0.5, 0.6) is 5.75 Å². The van der Waals surface area contributed by atoms with E-state index in [1.165, 1.54) is 4.90 Å². The largest absolute Gasteiger partial charge is 0.479 e. The maximum Gasteiger partial charge on any atom is 0.268 e. The van der Waals surface area contributed by atoms with E-state index in [9.17, 15) is 9.59 Å². The average molecular weight is 484 g/mol. The van der Waals surface area contributed by atoms with Gasteiger partial charge in [-0.15, -0.1) is 11.3 Å². The van der Waals surface area contributed by atoms with Gasteiger partial charge in [0, 0.05) is 22.2 Å². The number of hydrogen-bond donors (Lipinski definition) is 1. The summed E-state index contributed by atoms with van der Waals surface area (Å²) in [4.78, 5) is 32.2. The van der Waals surface area contributed by atoms with Crippen LogP contribution in [-0.2, 0) is 9.59 Å². The van der Waals surface area contributed by atoms with Crippen LogP contribution in [-0.4, -0.2) is 29.4 Å². The molecule has 0 bridgehead atoms. The van der Waals surface area contributed by atoms with Gasteiger partial charge in [-0.3, -0.25) is 14.5 Å². The van der Waals surface area contributed by atoms with Gasteiger partial charge in [0.25, 0.3) is 5.91 Å². The molecule has 0 saturated heterocycles. The molecule has 1 unspecified atom stereocenters. The first kappa shape index (κ1) is 22.8. The van der Waals surface area contributed by atoms with Crippen molar-refractivity contribution in [1.82, 2.24) is 4.98 Å². The molecule has 176 valence electrons. The van der Waals surface area contributed by atoms with E-state index in [-0.39, 0.29) is 18.4 Å². The van der Waals surface area contributed by atoms with Crippen LogP contribution in [0.4, 0.5) is 11.4 Å². The van der Waals surface area contributed by atoms with Crippen molar-refractivity contribution in [3.8, 4) is 27.6 Å². The molecule has 1 aromatic heterocycles. The van der Waals surface area contributed by atoms with Crippen LogP contribution in [0, 0.1) is 13.8 Å². The smallest absolute Gasteiger partial charge is 0.268 e. The number of nitrogens with one attached hydrogen (secondary N) is 1. The van der Waals surface area contributed by atoms with Gasteiger partial charge in [0.1, 0.15) is 17.3 Å². The molecule has 3 aromatic carbocycles. The molecule has 0 radical (unpaired) electrons. The summed E-state index contributed by atoms with van der Waals surface area (Å²) in [6, 6.07) is 21.5. The summed E-state index contributed by atoms with van der Waals surface area (Å²) in [5, 5.41) is 5.84. The normalized spacial score (nSPS) is 14.9. The van der Waals surface area contributed by atoms with Crippen molar-refractivity contribution >= 4 is 34.5 Å². The van der Waals surface area contributed by atoms with Crippen LogP contribution in [0.15, 0.2) is 72.1 Å². The number of rotatable bonds is 5. The van der Waals surface area contributed by atoms with Crippen LogP contribution in [0.25, 0.3) is 21.8 Å². The molecule has 1 aliphatic heterocycles. The Morgan fingerprint density at radius 2 is 1.77 bits per heavy atom. The number of amides is 2. The highest BCUT2D eigenvalue weighted by Gasteiger charge is 2.33. The number of carbonyl (C=O) groups is 2. The SMILES string of the molecule is Cc1cc(C)cc(NC(=O)CN2C(=O)C(C)Oc3ccc(-c4csc(-c5ccccc5)n4)cc32)c1. The van der Waals surface area contributed by atoms with E-state index in [1.807, 2.05) is 86.0 Å². The molecule has 1 aliphatic rings. The molecule has 0 spiro atoms. The molecule has 1 N–H and O–H groups in total. The number of nitrogens with zero attached hydrogens (tertiary/aromatic N) is 2. The molecule has 7 heteroatoms. The van der Waals surface area contributed by atoms with E-state index >= 15 is 0 Å². The van der Waals surface area contributed by atoms with E-state index in [0.717, 1.165) is 33.0 Å². The van der Waals surface area contributed by atoms with Gasteiger partial charge in [0.05, 0.1) is 11.4 Å². The molecule has 2 heterocycles. The molecule has 2 amide bonds. The molecule has 0 saturated carbocycles. The van der Waals surface area contributed by atoms with E-state index in [1.54, 1.807) is 18.3 Å². The molecular formula is C28H25N3O3S. The van der Waals surface area contributed by atoms with Crippen LogP contribution in [0.3, 0.4) is 0 Å². The minimum atomic E-state index is -0.675. The molecule has 1 atom stereocenters. The van der Waals surface area contributed by atoms with Crippen LogP contribution in [0.2, 0.25) is 0 Å². The number of fused-ring (bicyclic) bond motifs is 1. The zero-order valence-electron chi connectivity index (χ0n) is 19.7. The molecule has 4 aromatic rings. The summed E-state index contributed by atoms with van der Waals surface area (Å²) < 4.78 is 5.83. The highest BCUT2D eigenvalue weighted by atomic mass is 32.1. The Hall–Kier alpha value is -3.97. The monoisotopic (exact) mass is 483 g/mol. The number of benzene rings is 3. The number of hydrogen-bond acceptors (Lipinski definition) is 5. The van der Waals surface area contributed by atoms with Crippen molar-refractivity contribution < 1.29 is 14.3 Å². The fourth-order valence-corrected chi connectivity index (χ4v) is 5.08. The summed E-state index contributed by atoms with van der Waals surface area (Å²) in [6.45, 7) is 5.55. The zero-order valence-corrected chi connectivity index (χ0v) is 20.6. The van der Waals surface area contributed by atoms with Gasteiger partial charge in [-0.2, -0.15) is 0 Å². The number of anilines is 2. The van der Waals surface area contributed by atoms with Crippen LogP contribution < -0.4 is 15.0 Å². The second-order valence-corrected chi connectivity index (χ2v) is 9.55. The fraction of sp³-hybridized carbons (Fsp3) is 0.179. The quantitative estimate of drug-likeness (QED) is 0.387. The zero-order chi connectivity index (χ0) is 24.5. The Morgan fingerprint density at radius 3 is 2.51 bits per heavy atom. The van der Waals surface area contributed by atoms with Crippen molar-refractivity contribution in [3.05, 3.63) is 83.2 Å². The molecule has 0 aliphatic carbocycles. The molecule has 35 heavy (non-hydrogen) atoms. The van der Waals surface area contributed by atoms with E-state index in [0.29, 0.717) is 17.1 Å². The van der Waals surface area contributed by atoms with Crippen LogP contribution >= 0.6 is 11.3 Å². The van der Waals surface area contributed by atoms with Crippen molar-refractivity contribution in [1.29, 1.82) is 0 Å². The molecule has 0 fully saturated rings.